The highest BCUT2D eigenvalue weighted by Gasteiger charge is 2.16. The molecule has 0 atom stereocenters. The van der Waals surface area contributed by atoms with Crippen LogP contribution in [-0.4, -0.2) is 44.2 Å². The molecule has 7 heteroatoms. The number of hydrogen-bond acceptors (Lipinski definition) is 5. The van der Waals surface area contributed by atoms with Gasteiger partial charge < -0.3 is 25.4 Å². The topological polar surface area (TPSA) is 88.7 Å². The van der Waals surface area contributed by atoms with Gasteiger partial charge in [0.15, 0.2) is 0 Å². The van der Waals surface area contributed by atoms with Crippen molar-refractivity contribution in [3.63, 3.8) is 0 Å². The smallest absolute Gasteiger partial charge is 0.251 e. The third-order valence-corrected chi connectivity index (χ3v) is 5.36. The Morgan fingerprint density at radius 1 is 0.969 bits per heavy atom. The molecule has 1 fully saturated rings. The Morgan fingerprint density at radius 3 is 2.50 bits per heavy atom. The van der Waals surface area contributed by atoms with Crippen molar-refractivity contribution in [3.05, 3.63) is 54.1 Å². The van der Waals surface area contributed by atoms with E-state index in [1.54, 1.807) is 24.3 Å². The van der Waals surface area contributed by atoms with E-state index in [0.717, 1.165) is 24.3 Å². The molecule has 0 spiro atoms. The first kappa shape index (κ1) is 23.6. The summed E-state index contributed by atoms with van der Waals surface area (Å²) in [6, 6.07) is 14.7. The van der Waals surface area contributed by atoms with E-state index < -0.39 is 0 Å². The molecule has 0 unspecified atom stereocenters. The van der Waals surface area contributed by atoms with Crippen molar-refractivity contribution in [2.24, 2.45) is 0 Å². The Balaban J connectivity index is 1.43. The Bertz CT molecular complexity index is 864. The van der Waals surface area contributed by atoms with Crippen LogP contribution in [0.2, 0.25) is 0 Å². The van der Waals surface area contributed by atoms with E-state index in [1.807, 2.05) is 31.2 Å². The highest BCUT2D eigenvalue weighted by molar-refractivity contribution is 5.96. The molecule has 1 aliphatic carbocycles. The molecular formula is C25H33N3O4. The van der Waals surface area contributed by atoms with E-state index in [9.17, 15) is 9.59 Å². The van der Waals surface area contributed by atoms with Gasteiger partial charge in [-0.3, -0.25) is 9.59 Å². The van der Waals surface area contributed by atoms with Crippen LogP contribution in [0.4, 0.5) is 11.4 Å². The predicted octanol–water partition coefficient (Wildman–Crippen LogP) is 4.22. The fraction of sp³-hybridized carbons (Fsp3) is 0.440. The lowest BCUT2D eigenvalue weighted by Crippen LogP contribution is -2.36. The standard InChI is InChI=1S/C25H33N3O4/c1-2-31-15-16-32-23-13-11-21(12-14-23)27-24(29)18-26-22-10-6-7-19(17-22)25(30)28-20-8-4-3-5-9-20/h6-7,10-14,17,20,26H,2-5,8-9,15-16,18H2,1H3,(H,27,29)(H,28,30). The number of benzene rings is 2. The molecule has 0 aromatic heterocycles. The van der Waals surface area contributed by atoms with Gasteiger partial charge in [-0.25, -0.2) is 0 Å². The summed E-state index contributed by atoms with van der Waals surface area (Å²) in [6.45, 7) is 3.74. The minimum absolute atomic E-state index is 0.0615. The molecule has 2 aromatic carbocycles. The Hall–Kier alpha value is -3.06. The first-order valence-electron chi connectivity index (χ1n) is 11.4. The molecule has 1 aliphatic rings. The second-order valence-corrected chi connectivity index (χ2v) is 7.86. The highest BCUT2D eigenvalue weighted by Crippen LogP contribution is 2.19. The first-order chi connectivity index (χ1) is 15.6. The van der Waals surface area contributed by atoms with Crippen LogP contribution in [0.15, 0.2) is 48.5 Å². The summed E-state index contributed by atoms with van der Waals surface area (Å²) in [5.74, 6) is 0.491. The van der Waals surface area contributed by atoms with Crippen molar-refractivity contribution < 1.29 is 19.1 Å². The third kappa shape index (κ3) is 7.89. The molecule has 2 amide bonds. The summed E-state index contributed by atoms with van der Waals surface area (Å²) in [7, 11) is 0. The van der Waals surface area contributed by atoms with Crippen molar-refractivity contribution in [2.75, 3.05) is 37.0 Å². The molecule has 0 aliphatic heterocycles. The van der Waals surface area contributed by atoms with E-state index in [2.05, 4.69) is 16.0 Å². The molecule has 172 valence electrons. The average molecular weight is 440 g/mol. The summed E-state index contributed by atoms with van der Waals surface area (Å²) < 4.78 is 10.8. The Labute approximate surface area is 189 Å². The number of nitrogens with one attached hydrogen (secondary N) is 3. The number of carbonyl (C=O) groups excluding carboxylic acids is 2. The lowest BCUT2D eigenvalue weighted by molar-refractivity contribution is -0.114. The fourth-order valence-corrected chi connectivity index (χ4v) is 3.67. The number of carbonyl (C=O) groups is 2. The first-order valence-corrected chi connectivity index (χ1v) is 11.4. The largest absolute Gasteiger partial charge is 0.491 e. The maximum Gasteiger partial charge on any atom is 0.251 e. The summed E-state index contributed by atoms with van der Waals surface area (Å²) in [5.41, 5.74) is 2.02. The van der Waals surface area contributed by atoms with Crippen molar-refractivity contribution in [2.45, 2.75) is 45.1 Å². The lowest BCUT2D eigenvalue weighted by atomic mass is 9.95. The minimum Gasteiger partial charge on any atom is -0.491 e. The SMILES string of the molecule is CCOCCOc1ccc(NC(=O)CNc2cccc(C(=O)NC3CCCCC3)c2)cc1. The summed E-state index contributed by atoms with van der Waals surface area (Å²) in [5, 5.41) is 9.05. The van der Waals surface area contributed by atoms with Gasteiger partial charge in [-0.15, -0.1) is 0 Å². The molecule has 1 saturated carbocycles. The van der Waals surface area contributed by atoms with Crippen LogP contribution in [-0.2, 0) is 9.53 Å². The third-order valence-electron chi connectivity index (χ3n) is 5.36. The normalized spacial score (nSPS) is 13.9. The zero-order valence-corrected chi connectivity index (χ0v) is 18.7. The molecule has 0 heterocycles. The number of amides is 2. The summed E-state index contributed by atoms with van der Waals surface area (Å²) in [4.78, 5) is 24.8. The fourth-order valence-electron chi connectivity index (χ4n) is 3.67. The number of ether oxygens (including phenoxy) is 2. The Kier molecular flexibility index (Phi) is 9.37. The molecular weight excluding hydrogens is 406 g/mol. The number of anilines is 2. The molecule has 0 bridgehead atoms. The van der Waals surface area contributed by atoms with Gasteiger partial charge in [0.05, 0.1) is 13.2 Å². The Morgan fingerprint density at radius 2 is 1.75 bits per heavy atom. The van der Waals surface area contributed by atoms with Crippen LogP contribution in [0, 0.1) is 0 Å². The van der Waals surface area contributed by atoms with Crippen molar-refractivity contribution in [1.29, 1.82) is 0 Å². The number of rotatable bonds is 11. The van der Waals surface area contributed by atoms with Gasteiger partial charge in [0, 0.05) is 29.6 Å². The van der Waals surface area contributed by atoms with Gasteiger partial charge in [0.1, 0.15) is 12.4 Å². The number of hydrogen-bond donors (Lipinski definition) is 3. The van der Waals surface area contributed by atoms with Gasteiger partial charge in [0.25, 0.3) is 5.91 Å². The maximum atomic E-state index is 12.5. The van der Waals surface area contributed by atoms with E-state index in [4.69, 9.17) is 9.47 Å². The van der Waals surface area contributed by atoms with Crippen molar-refractivity contribution in [3.8, 4) is 5.75 Å². The molecule has 7 nitrogen and oxygen atoms in total. The van der Waals surface area contributed by atoms with Crippen molar-refractivity contribution in [1.82, 2.24) is 5.32 Å². The van der Waals surface area contributed by atoms with Crippen LogP contribution in [0.3, 0.4) is 0 Å². The van der Waals surface area contributed by atoms with Gasteiger partial charge in [-0.2, -0.15) is 0 Å². The van der Waals surface area contributed by atoms with Gasteiger partial charge in [0.2, 0.25) is 5.91 Å². The second-order valence-electron chi connectivity index (χ2n) is 7.86. The van der Waals surface area contributed by atoms with E-state index in [0.29, 0.717) is 31.1 Å². The minimum atomic E-state index is -0.174. The monoisotopic (exact) mass is 439 g/mol. The summed E-state index contributed by atoms with van der Waals surface area (Å²) in [6.07, 6.45) is 5.69. The quantitative estimate of drug-likeness (QED) is 0.456. The van der Waals surface area contributed by atoms with Crippen LogP contribution in [0.5, 0.6) is 5.75 Å². The zero-order chi connectivity index (χ0) is 22.6. The maximum absolute atomic E-state index is 12.5. The van der Waals surface area contributed by atoms with Crippen LogP contribution >= 0.6 is 0 Å². The lowest BCUT2D eigenvalue weighted by Gasteiger charge is -2.22. The van der Waals surface area contributed by atoms with E-state index >= 15 is 0 Å². The molecule has 2 aromatic rings. The molecule has 32 heavy (non-hydrogen) atoms. The molecule has 0 saturated heterocycles. The van der Waals surface area contributed by atoms with Crippen LogP contribution in [0.1, 0.15) is 49.4 Å². The second kappa shape index (κ2) is 12.7. The average Bonchev–Trinajstić information content (AvgIpc) is 2.82. The molecule has 3 rings (SSSR count). The zero-order valence-electron chi connectivity index (χ0n) is 18.7. The highest BCUT2D eigenvalue weighted by atomic mass is 16.5. The van der Waals surface area contributed by atoms with E-state index in [1.165, 1.54) is 19.3 Å². The van der Waals surface area contributed by atoms with Gasteiger partial charge in [-0.05, 0) is 62.2 Å². The summed E-state index contributed by atoms with van der Waals surface area (Å²) >= 11 is 0. The van der Waals surface area contributed by atoms with Gasteiger partial charge >= 0.3 is 0 Å². The predicted molar refractivity (Wildman–Crippen MR) is 126 cm³/mol. The van der Waals surface area contributed by atoms with Crippen LogP contribution < -0.4 is 20.7 Å². The van der Waals surface area contributed by atoms with Crippen molar-refractivity contribution >= 4 is 23.2 Å². The van der Waals surface area contributed by atoms with Gasteiger partial charge in [-0.1, -0.05) is 25.3 Å². The van der Waals surface area contributed by atoms with E-state index in [-0.39, 0.29) is 24.4 Å². The van der Waals surface area contributed by atoms with Crippen LogP contribution in [0.25, 0.3) is 0 Å². The molecule has 0 radical (unpaired) electrons. The molecule has 3 N–H and O–H groups in total.